The van der Waals surface area contributed by atoms with E-state index < -0.39 is 0 Å². The quantitative estimate of drug-likeness (QED) is 0.914. The maximum Gasteiger partial charge on any atom is 0.164 e. The number of hydrogen-bond donors (Lipinski definition) is 1. The minimum Gasteiger partial charge on any atom is -0.383 e. The van der Waals surface area contributed by atoms with Crippen LogP contribution in [0.2, 0.25) is 0 Å². The smallest absolute Gasteiger partial charge is 0.164 e. The van der Waals surface area contributed by atoms with Gasteiger partial charge in [0.25, 0.3) is 0 Å². The highest BCUT2D eigenvalue weighted by Crippen LogP contribution is 2.24. The summed E-state index contributed by atoms with van der Waals surface area (Å²) in [5.41, 5.74) is 8.91. The van der Waals surface area contributed by atoms with E-state index in [9.17, 15) is 0 Å². The molecule has 0 bridgehead atoms. The predicted molar refractivity (Wildman–Crippen MR) is 75.9 cm³/mol. The molecule has 2 N–H and O–H groups in total. The molecule has 1 unspecified atom stereocenters. The fourth-order valence-corrected chi connectivity index (χ4v) is 2.08. The van der Waals surface area contributed by atoms with Crippen LogP contribution in [0.1, 0.15) is 35.7 Å². The third kappa shape index (κ3) is 2.74. The summed E-state index contributed by atoms with van der Waals surface area (Å²) in [5.74, 6) is 1.15. The van der Waals surface area contributed by atoms with Gasteiger partial charge in [0.15, 0.2) is 5.82 Å². The van der Waals surface area contributed by atoms with E-state index in [2.05, 4.69) is 16.9 Å². The molecule has 19 heavy (non-hydrogen) atoms. The molecular weight excluding hydrogens is 238 g/mol. The minimum atomic E-state index is -0.283. The Labute approximate surface area is 113 Å². The van der Waals surface area contributed by atoms with Gasteiger partial charge in [-0.05, 0) is 18.9 Å². The molecule has 1 aromatic heterocycles. The first-order valence-electron chi connectivity index (χ1n) is 6.38. The van der Waals surface area contributed by atoms with Gasteiger partial charge in [0, 0.05) is 18.4 Å². The Morgan fingerprint density at radius 3 is 2.47 bits per heavy atom. The number of nitrogen functional groups attached to an aromatic ring is 1. The van der Waals surface area contributed by atoms with Gasteiger partial charge in [0.1, 0.15) is 11.9 Å². The second kappa shape index (κ2) is 5.80. The molecule has 1 aromatic carbocycles. The summed E-state index contributed by atoms with van der Waals surface area (Å²) in [6, 6.07) is 9.91. The van der Waals surface area contributed by atoms with Gasteiger partial charge in [0.05, 0.1) is 0 Å². The molecule has 4 heteroatoms. The summed E-state index contributed by atoms with van der Waals surface area (Å²) in [4.78, 5) is 8.95. The normalized spacial score (nSPS) is 12.4. The summed E-state index contributed by atoms with van der Waals surface area (Å²) >= 11 is 0. The molecule has 4 nitrogen and oxygen atoms in total. The number of benzene rings is 1. The maximum atomic E-state index is 5.96. The summed E-state index contributed by atoms with van der Waals surface area (Å²) < 4.78 is 5.54. The van der Waals surface area contributed by atoms with Gasteiger partial charge in [-0.1, -0.05) is 37.3 Å². The molecular formula is C15H19N3O. The van der Waals surface area contributed by atoms with Crippen molar-refractivity contribution in [1.82, 2.24) is 9.97 Å². The number of aromatic nitrogens is 2. The first-order chi connectivity index (χ1) is 9.17. The van der Waals surface area contributed by atoms with Crippen LogP contribution in [-0.4, -0.2) is 17.1 Å². The van der Waals surface area contributed by atoms with Crippen LogP contribution < -0.4 is 5.73 Å². The molecule has 1 atom stereocenters. The summed E-state index contributed by atoms with van der Waals surface area (Å²) in [5, 5.41) is 0. The molecule has 0 spiro atoms. The third-order valence-electron chi connectivity index (χ3n) is 3.21. The number of hydrogen-bond acceptors (Lipinski definition) is 4. The Morgan fingerprint density at radius 2 is 1.89 bits per heavy atom. The van der Waals surface area contributed by atoms with Gasteiger partial charge in [-0.2, -0.15) is 0 Å². The standard InChI is InChI=1S/C15H19N3O/c1-4-12-10(2)14(16)18-15(17-12)13(19-3)11-8-6-5-7-9-11/h5-9,13H,4H2,1-3H3,(H2,16,17,18). The Kier molecular flexibility index (Phi) is 4.12. The van der Waals surface area contributed by atoms with Crippen LogP contribution in [0.3, 0.4) is 0 Å². The second-order valence-corrected chi connectivity index (χ2v) is 4.42. The van der Waals surface area contributed by atoms with Gasteiger partial charge in [-0.3, -0.25) is 0 Å². The molecule has 0 saturated carbocycles. The van der Waals surface area contributed by atoms with E-state index >= 15 is 0 Å². The van der Waals surface area contributed by atoms with Crippen LogP contribution in [-0.2, 0) is 11.2 Å². The number of ether oxygens (including phenoxy) is 1. The van der Waals surface area contributed by atoms with Crippen molar-refractivity contribution >= 4 is 5.82 Å². The topological polar surface area (TPSA) is 61.0 Å². The first-order valence-corrected chi connectivity index (χ1v) is 6.38. The largest absolute Gasteiger partial charge is 0.383 e. The molecule has 100 valence electrons. The van der Waals surface area contributed by atoms with Gasteiger partial charge in [-0.25, -0.2) is 9.97 Å². The van der Waals surface area contributed by atoms with E-state index in [0.717, 1.165) is 23.2 Å². The van der Waals surface area contributed by atoms with E-state index in [1.54, 1.807) is 7.11 Å². The number of methoxy groups -OCH3 is 1. The first kappa shape index (κ1) is 13.5. The fourth-order valence-electron chi connectivity index (χ4n) is 2.08. The second-order valence-electron chi connectivity index (χ2n) is 4.42. The Hall–Kier alpha value is -1.94. The zero-order valence-electron chi connectivity index (χ0n) is 11.6. The molecule has 0 amide bonds. The van der Waals surface area contributed by atoms with Crippen LogP contribution in [0.25, 0.3) is 0 Å². The van der Waals surface area contributed by atoms with E-state index in [1.165, 1.54) is 0 Å². The van der Waals surface area contributed by atoms with Crippen LogP contribution >= 0.6 is 0 Å². The van der Waals surface area contributed by atoms with E-state index in [4.69, 9.17) is 10.5 Å². The van der Waals surface area contributed by atoms with Crippen molar-refractivity contribution in [2.75, 3.05) is 12.8 Å². The molecule has 0 radical (unpaired) electrons. The zero-order valence-corrected chi connectivity index (χ0v) is 11.6. The van der Waals surface area contributed by atoms with Gasteiger partial charge >= 0.3 is 0 Å². The van der Waals surface area contributed by atoms with Gasteiger partial charge in [-0.15, -0.1) is 0 Å². The predicted octanol–water partition coefficient (Wildman–Crippen LogP) is 2.67. The van der Waals surface area contributed by atoms with Crippen molar-refractivity contribution < 1.29 is 4.74 Å². The van der Waals surface area contributed by atoms with E-state index in [1.807, 2.05) is 37.3 Å². The van der Waals surface area contributed by atoms with Gasteiger partial charge in [0.2, 0.25) is 0 Å². The lowest BCUT2D eigenvalue weighted by Gasteiger charge is -2.16. The molecule has 0 aliphatic heterocycles. The molecule has 0 fully saturated rings. The highest BCUT2D eigenvalue weighted by Gasteiger charge is 2.18. The summed E-state index contributed by atoms with van der Waals surface area (Å²) in [6.45, 7) is 4.01. The van der Waals surface area contributed by atoms with Crippen LogP contribution in [0.4, 0.5) is 5.82 Å². The van der Waals surface area contributed by atoms with E-state index in [-0.39, 0.29) is 6.10 Å². The molecule has 0 aliphatic carbocycles. The highest BCUT2D eigenvalue weighted by molar-refractivity contribution is 5.42. The van der Waals surface area contributed by atoms with Crippen molar-refractivity contribution in [3.63, 3.8) is 0 Å². The molecule has 0 saturated heterocycles. The lowest BCUT2D eigenvalue weighted by molar-refractivity contribution is 0.129. The molecule has 0 aliphatic rings. The molecule has 2 rings (SSSR count). The van der Waals surface area contributed by atoms with E-state index in [0.29, 0.717) is 11.6 Å². The maximum absolute atomic E-state index is 5.96. The van der Waals surface area contributed by atoms with Crippen molar-refractivity contribution in [2.45, 2.75) is 26.4 Å². The summed E-state index contributed by atoms with van der Waals surface area (Å²) in [6.07, 6.45) is 0.547. The average molecular weight is 257 g/mol. The van der Waals surface area contributed by atoms with Crippen molar-refractivity contribution in [2.24, 2.45) is 0 Å². The Balaban J connectivity index is 2.47. The van der Waals surface area contributed by atoms with Crippen molar-refractivity contribution in [3.8, 4) is 0 Å². The number of aryl methyl sites for hydroxylation is 1. The van der Waals surface area contributed by atoms with Gasteiger partial charge < -0.3 is 10.5 Å². The minimum absolute atomic E-state index is 0.283. The van der Waals surface area contributed by atoms with Crippen molar-refractivity contribution in [1.29, 1.82) is 0 Å². The average Bonchev–Trinajstić information content (AvgIpc) is 2.44. The Morgan fingerprint density at radius 1 is 1.21 bits per heavy atom. The monoisotopic (exact) mass is 257 g/mol. The highest BCUT2D eigenvalue weighted by atomic mass is 16.5. The SMILES string of the molecule is CCc1nc(C(OC)c2ccccc2)nc(N)c1C. The third-order valence-corrected chi connectivity index (χ3v) is 3.21. The summed E-state index contributed by atoms with van der Waals surface area (Å²) in [7, 11) is 1.66. The number of rotatable bonds is 4. The zero-order chi connectivity index (χ0) is 13.8. The van der Waals surface area contributed by atoms with Crippen LogP contribution in [0, 0.1) is 6.92 Å². The Bertz CT molecular complexity index is 555. The van der Waals surface area contributed by atoms with Crippen LogP contribution in [0.15, 0.2) is 30.3 Å². The van der Waals surface area contributed by atoms with Crippen molar-refractivity contribution in [3.05, 3.63) is 53.0 Å². The fraction of sp³-hybridized carbons (Fsp3) is 0.333. The number of nitrogens with zero attached hydrogens (tertiary/aromatic N) is 2. The number of nitrogens with two attached hydrogens (primary N) is 1. The number of anilines is 1. The van der Waals surface area contributed by atoms with Crippen LogP contribution in [0.5, 0.6) is 0 Å². The lowest BCUT2D eigenvalue weighted by Crippen LogP contribution is -2.13. The molecule has 2 aromatic rings. The molecule has 1 heterocycles. The lowest BCUT2D eigenvalue weighted by atomic mass is 10.1.